The van der Waals surface area contributed by atoms with Crippen molar-refractivity contribution in [3.63, 3.8) is 0 Å². The molecule has 5 heterocycles. The summed E-state index contributed by atoms with van der Waals surface area (Å²) in [5.41, 5.74) is 6.34. The summed E-state index contributed by atoms with van der Waals surface area (Å²) < 4.78 is 27.1. The molecule has 2 saturated heterocycles. The van der Waals surface area contributed by atoms with Gasteiger partial charge in [-0.1, -0.05) is 45.0 Å². The van der Waals surface area contributed by atoms with Gasteiger partial charge in [0.15, 0.2) is 0 Å². The summed E-state index contributed by atoms with van der Waals surface area (Å²) in [6.07, 6.45) is 2.52. The Kier molecular flexibility index (Phi) is 12.8. The number of nitrogens with one attached hydrogen (secondary N) is 4. The number of carbonyl (C=O) groups excluding carboxylic acids is 4. The van der Waals surface area contributed by atoms with Crippen molar-refractivity contribution in [2.24, 2.45) is 11.8 Å². The number of benzene rings is 3. The monoisotopic (exact) mass is 890 g/mol. The first kappa shape index (κ1) is 45.0. The largest absolute Gasteiger partial charge is 0.501 e. The Morgan fingerprint density at radius 1 is 0.892 bits per heavy atom. The lowest BCUT2D eigenvalue weighted by atomic mass is 9.92. The summed E-state index contributed by atoms with van der Waals surface area (Å²) in [5.74, 6) is 1.87. The molecule has 65 heavy (non-hydrogen) atoms. The maximum Gasteiger partial charge on any atom is 0.407 e. The molecule has 0 bridgehead atoms. The van der Waals surface area contributed by atoms with Gasteiger partial charge in [-0.2, -0.15) is 0 Å². The molecule has 2 fully saturated rings. The number of methoxy groups -OCH3 is 4. The number of rotatable bonds is 13. The van der Waals surface area contributed by atoms with Crippen LogP contribution in [0.1, 0.15) is 82.7 Å². The fourth-order valence-corrected chi connectivity index (χ4v) is 9.56. The Bertz CT molecular complexity index is 2640. The van der Waals surface area contributed by atoms with Crippen LogP contribution in [0.4, 0.5) is 9.59 Å². The normalized spacial score (nSPS) is 20.9. The minimum Gasteiger partial charge on any atom is -0.501 e. The van der Waals surface area contributed by atoms with Crippen LogP contribution in [0.3, 0.4) is 0 Å². The molecule has 344 valence electrons. The smallest absolute Gasteiger partial charge is 0.407 e. The van der Waals surface area contributed by atoms with Crippen LogP contribution in [0.25, 0.3) is 44.2 Å². The molecule has 3 aliphatic rings. The minimum absolute atomic E-state index is 0.0894. The third-order valence-electron chi connectivity index (χ3n) is 13.6. The summed E-state index contributed by atoms with van der Waals surface area (Å²) >= 11 is 0. The van der Waals surface area contributed by atoms with Crippen molar-refractivity contribution in [1.29, 1.82) is 0 Å². The van der Waals surface area contributed by atoms with Crippen LogP contribution >= 0.6 is 0 Å². The van der Waals surface area contributed by atoms with Gasteiger partial charge in [0.25, 0.3) is 0 Å². The summed E-state index contributed by atoms with van der Waals surface area (Å²) in [4.78, 5) is 73.3. The zero-order valence-electron chi connectivity index (χ0n) is 38.2. The highest BCUT2D eigenvalue weighted by molar-refractivity contribution is 6.07. The molecule has 3 aliphatic heterocycles. The maximum absolute atomic E-state index is 14.2. The molecule has 2 unspecified atom stereocenters. The highest BCUT2D eigenvalue weighted by Gasteiger charge is 2.44. The predicted octanol–water partition coefficient (Wildman–Crippen LogP) is 7.30. The van der Waals surface area contributed by atoms with Gasteiger partial charge in [-0.25, -0.2) is 19.6 Å². The van der Waals surface area contributed by atoms with E-state index >= 15 is 0 Å². The third-order valence-corrected chi connectivity index (χ3v) is 13.6. The zero-order chi connectivity index (χ0) is 46.3. The van der Waals surface area contributed by atoms with Crippen LogP contribution in [0.2, 0.25) is 0 Å². The van der Waals surface area contributed by atoms with Crippen LogP contribution in [-0.2, 0) is 35.1 Å². The maximum atomic E-state index is 14.2. The molecular weight excluding hydrogens is 833 g/mol. The SMILES string of the molecule is C=C(OC)[C@H]1CC(c2ncc(-c3ccc4c(c3)COc3cc5c(ccc6[nH]c(C7CC[C@H](C)N7C(=O)[C@@H](NC(=O)OC)[C@@H](C)OC)nc65)cc3-4)[nH]2)N(C(=O)[C@@H](NC(=O)OC)[C@@H](C)CC)C1. The lowest BCUT2D eigenvalue weighted by molar-refractivity contribution is -0.139. The Morgan fingerprint density at radius 2 is 1.65 bits per heavy atom. The summed E-state index contributed by atoms with van der Waals surface area (Å²) in [6, 6.07) is 11.9. The lowest BCUT2D eigenvalue weighted by Gasteiger charge is -2.33. The van der Waals surface area contributed by atoms with E-state index in [4.69, 9.17) is 33.7 Å². The van der Waals surface area contributed by atoms with E-state index in [0.717, 1.165) is 61.9 Å². The molecular formula is C48H58N8O9. The highest BCUT2D eigenvalue weighted by atomic mass is 16.5. The van der Waals surface area contributed by atoms with Crippen LogP contribution in [0, 0.1) is 11.8 Å². The number of nitrogens with zero attached hydrogens (tertiary/aromatic N) is 4. The molecule has 17 nitrogen and oxygen atoms in total. The van der Waals surface area contributed by atoms with E-state index in [0.29, 0.717) is 49.8 Å². The average molecular weight is 891 g/mol. The van der Waals surface area contributed by atoms with Crippen molar-refractivity contribution in [2.45, 2.75) is 96.3 Å². The first-order chi connectivity index (χ1) is 31.3. The van der Waals surface area contributed by atoms with Gasteiger partial charge in [0.2, 0.25) is 11.8 Å². The molecule has 0 spiro atoms. The number of alkyl carbamates (subject to hydrolysis) is 2. The van der Waals surface area contributed by atoms with Gasteiger partial charge in [0.1, 0.15) is 36.1 Å². The molecule has 5 aromatic rings. The number of H-pyrrole nitrogens is 2. The first-order valence-electron chi connectivity index (χ1n) is 22.1. The molecule has 4 N–H and O–H groups in total. The number of hydrogen-bond donors (Lipinski definition) is 4. The first-order valence-corrected chi connectivity index (χ1v) is 22.1. The molecule has 3 aromatic carbocycles. The number of aromatic nitrogens is 4. The van der Waals surface area contributed by atoms with Crippen LogP contribution in [0.15, 0.2) is 61.0 Å². The fraction of sp³-hybridized carbons (Fsp3) is 0.458. The molecule has 17 heteroatoms. The second kappa shape index (κ2) is 18.5. The quantitative estimate of drug-likeness (QED) is 0.0865. The molecule has 8 atom stereocenters. The van der Waals surface area contributed by atoms with Gasteiger partial charge in [-0.3, -0.25) is 9.59 Å². The van der Waals surface area contributed by atoms with Gasteiger partial charge in [-0.15, -0.1) is 0 Å². The second-order valence-corrected chi connectivity index (χ2v) is 17.3. The highest BCUT2D eigenvalue weighted by Crippen LogP contribution is 2.44. The number of fused-ring (bicyclic) bond motifs is 6. The Labute approximate surface area is 377 Å². The second-order valence-electron chi connectivity index (χ2n) is 17.3. The number of carbonyl (C=O) groups is 4. The Hall–Kier alpha value is -6.62. The van der Waals surface area contributed by atoms with Gasteiger partial charge in [-0.05, 0) is 85.4 Å². The van der Waals surface area contributed by atoms with E-state index in [9.17, 15) is 19.2 Å². The van der Waals surface area contributed by atoms with Crippen LogP contribution < -0.4 is 15.4 Å². The van der Waals surface area contributed by atoms with E-state index < -0.39 is 36.4 Å². The fourth-order valence-electron chi connectivity index (χ4n) is 9.56. The van der Waals surface area contributed by atoms with Crippen molar-refractivity contribution >= 4 is 45.8 Å². The van der Waals surface area contributed by atoms with Gasteiger partial charge >= 0.3 is 12.2 Å². The van der Waals surface area contributed by atoms with Crippen molar-refractivity contribution < 1.29 is 42.9 Å². The van der Waals surface area contributed by atoms with Gasteiger partial charge in [0, 0.05) is 36.6 Å². The predicted molar refractivity (Wildman–Crippen MR) is 243 cm³/mol. The summed E-state index contributed by atoms with van der Waals surface area (Å²) in [7, 11) is 5.62. The minimum atomic E-state index is -0.942. The van der Waals surface area contributed by atoms with Crippen molar-refractivity contribution in [2.75, 3.05) is 35.0 Å². The zero-order valence-corrected chi connectivity index (χ0v) is 38.2. The molecule has 2 aromatic heterocycles. The average Bonchev–Trinajstić information content (AvgIpc) is 4.16. The van der Waals surface area contributed by atoms with Crippen molar-refractivity contribution in [3.05, 3.63) is 78.2 Å². The van der Waals surface area contributed by atoms with E-state index in [2.05, 4.69) is 57.5 Å². The number of likely N-dealkylation sites (tertiary alicyclic amines) is 2. The Morgan fingerprint density at radius 3 is 2.35 bits per heavy atom. The van der Waals surface area contributed by atoms with Crippen molar-refractivity contribution in [1.82, 2.24) is 40.4 Å². The molecule has 0 saturated carbocycles. The standard InChI is InChI=1S/C48H58N8O9/c1-10-24(2)40(53-47(59)63-8)45(57)55-22-30(26(4)61-6)19-38(55)43-49-21-36(51-43)29-12-14-32-31(17-29)23-65-39-20-33-28(18-34(32)39)13-15-35-42(33)52-44(50-35)37-16-11-25(3)56(37)46(58)41(27(5)62-7)54-48(60)64-9/h12-15,17-18,20-21,24-25,27,30,37-38,40-41H,4,10-11,16,19,22-23H2,1-3,5-9H3,(H,49,51)(H,50,52)(H,53,59)(H,54,60)/t24-,25-,27+,30-,37?,38?,40-,41-/m0/s1. The topological polar surface area (TPSA) is 202 Å². The number of imidazole rings is 2. The van der Waals surface area contributed by atoms with Crippen molar-refractivity contribution in [3.8, 4) is 28.1 Å². The van der Waals surface area contributed by atoms with E-state index in [-0.39, 0.29) is 35.7 Å². The Balaban J connectivity index is 1.06. The van der Waals surface area contributed by atoms with Crippen LogP contribution in [0.5, 0.6) is 5.75 Å². The van der Waals surface area contributed by atoms with Gasteiger partial charge < -0.3 is 54.1 Å². The molecule has 8 rings (SSSR count). The number of aromatic amines is 2. The number of amides is 4. The third kappa shape index (κ3) is 8.44. The lowest BCUT2D eigenvalue weighted by Crippen LogP contribution is -2.55. The summed E-state index contributed by atoms with van der Waals surface area (Å²) in [6.45, 7) is 12.5. The van der Waals surface area contributed by atoms with E-state index in [1.807, 2.05) is 32.9 Å². The van der Waals surface area contributed by atoms with E-state index in [1.165, 1.54) is 21.3 Å². The molecule has 0 aliphatic carbocycles. The summed E-state index contributed by atoms with van der Waals surface area (Å²) in [5, 5.41) is 7.33. The number of ether oxygens (including phenoxy) is 5. The number of hydrogen-bond acceptors (Lipinski definition) is 11. The van der Waals surface area contributed by atoms with Gasteiger partial charge in [0.05, 0.1) is 68.2 Å². The van der Waals surface area contributed by atoms with E-state index in [1.54, 1.807) is 30.0 Å². The molecule has 4 amide bonds. The van der Waals surface area contributed by atoms with Crippen LogP contribution in [-0.4, -0.2) is 113 Å². The molecule has 0 radical (unpaired) electrons.